The Hall–Kier alpha value is -1.78. The lowest BCUT2D eigenvalue weighted by Gasteiger charge is -2.28. The fraction of sp³-hybridized carbons (Fsp3) is 0.700. The van der Waals surface area contributed by atoms with Crippen LogP contribution in [0.1, 0.15) is 52.0 Å². The van der Waals surface area contributed by atoms with Gasteiger partial charge in [0.25, 0.3) is 0 Å². The quantitative estimate of drug-likeness (QED) is 0.673. The monoisotopic (exact) mass is 343 g/mol. The number of piperidine rings is 1. The molecule has 3 rings (SSSR count). The maximum atomic E-state index is 4.90. The minimum absolute atomic E-state index is 0.383. The zero-order valence-electron chi connectivity index (χ0n) is 16.1. The molecule has 5 nitrogen and oxygen atoms in total. The molecule has 1 N–H and O–H groups in total. The molecule has 0 atom stereocenters. The van der Waals surface area contributed by atoms with Crippen molar-refractivity contribution < 1.29 is 0 Å². The molecule has 0 saturated carbocycles. The number of pyridine rings is 1. The van der Waals surface area contributed by atoms with E-state index in [1.807, 2.05) is 6.20 Å². The van der Waals surface area contributed by atoms with Crippen LogP contribution in [-0.2, 0) is 6.54 Å². The maximum Gasteiger partial charge on any atom is 0.194 e. The summed E-state index contributed by atoms with van der Waals surface area (Å²) in [5.74, 6) is 2.16. The highest BCUT2D eigenvalue weighted by molar-refractivity contribution is 5.80. The second kappa shape index (κ2) is 8.07. The molecule has 0 aliphatic carbocycles. The summed E-state index contributed by atoms with van der Waals surface area (Å²) in [4.78, 5) is 14.3. The SMILES string of the molecule is CCNC(=NCc1ccnc(N2CCCCC2)c1)N1CCC(C)(C)C1. The third kappa shape index (κ3) is 4.86. The van der Waals surface area contributed by atoms with Crippen molar-refractivity contribution in [2.75, 3.05) is 37.6 Å². The molecule has 0 spiro atoms. The fourth-order valence-electron chi connectivity index (χ4n) is 3.74. The maximum absolute atomic E-state index is 4.90. The van der Waals surface area contributed by atoms with Gasteiger partial charge in [-0.05, 0) is 55.7 Å². The van der Waals surface area contributed by atoms with Crippen LogP contribution in [0.2, 0.25) is 0 Å². The van der Waals surface area contributed by atoms with Crippen LogP contribution in [0, 0.1) is 5.41 Å². The van der Waals surface area contributed by atoms with E-state index in [0.29, 0.717) is 12.0 Å². The van der Waals surface area contributed by atoms with Crippen LogP contribution in [0.3, 0.4) is 0 Å². The molecule has 0 unspecified atom stereocenters. The number of aromatic nitrogens is 1. The van der Waals surface area contributed by atoms with Gasteiger partial charge in [-0.3, -0.25) is 0 Å². The van der Waals surface area contributed by atoms with E-state index in [1.54, 1.807) is 0 Å². The van der Waals surface area contributed by atoms with Gasteiger partial charge >= 0.3 is 0 Å². The van der Waals surface area contributed by atoms with Crippen molar-refractivity contribution in [1.82, 2.24) is 15.2 Å². The first kappa shape index (κ1) is 18.0. The van der Waals surface area contributed by atoms with Gasteiger partial charge in [0.2, 0.25) is 0 Å². The molecule has 0 radical (unpaired) electrons. The normalized spacial score (nSPS) is 20.8. The Labute approximate surface area is 152 Å². The van der Waals surface area contributed by atoms with Crippen LogP contribution in [0.15, 0.2) is 23.3 Å². The van der Waals surface area contributed by atoms with Gasteiger partial charge in [-0.15, -0.1) is 0 Å². The topological polar surface area (TPSA) is 43.8 Å². The van der Waals surface area contributed by atoms with Crippen molar-refractivity contribution >= 4 is 11.8 Å². The summed E-state index contributed by atoms with van der Waals surface area (Å²) in [6.45, 7) is 12.9. The molecule has 5 heteroatoms. The summed E-state index contributed by atoms with van der Waals surface area (Å²) < 4.78 is 0. The summed E-state index contributed by atoms with van der Waals surface area (Å²) in [5, 5.41) is 3.46. The van der Waals surface area contributed by atoms with Crippen LogP contribution >= 0.6 is 0 Å². The molecule has 3 heterocycles. The number of hydrogen-bond acceptors (Lipinski definition) is 3. The average Bonchev–Trinajstić information content (AvgIpc) is 2.99. The molecule has 138 valence electrons. The molecule has 1 aromatic heterocycles. The molecule has 0 bridgehead atoms. The molecule has 2 aliphatic rings. The Morgan fingerprint density at radius 2 is 2.04 bits per heavy atom. The van der Waals surface area contributed by atoms with E-state index in [4.69, 9.17) is 4.99 Å². The molecule has 2 fully saturated rings. The number of nitrogens with one attached hydrogen (secondary N) is 1. The molecular weight excluding hydrogens is 310 g/mol. The van der Waals surface area contributed by atoms with E-state index in [1.165, 1.54) is 31.2 Å². The lowest BCUT2D eigenvalue weighted by Crippen LogP contribution is -2.40. The number of aliphatic imine (C=N–C) groups is 1. The average molecular weight is 344 g/mol. The summed E-state index contributed by atoms with van der Waals surface area (Å²) in [5.41, 5.74) is 1.62. The predicted octanol–water partition coefficient (Wildman–Crippen LogP) is 3.27. The first-order chi connectivity index (χ1) is 12.1. The van der Waals surface area contributed by atoms with E-state index in [-0.39, 0.29) is 0 Å². The zero-order chi connectivity index (χ0) is 17.7. The molecular formula is C20H33N5. The van der Waals surface area contributed by atoms with E-state index >= 15 is 0 Å². The second-order valence-corrected chi connectivity index (χ2v) is 8.08. The number of hydrogen-bond donors (Lipinski definition) is 1. The smallest absolute Gasteiger partial charge is 0.194 e. The van der Waals surface area contributed by atoms with Gasteiger partial charge in [0.05, 0.1) is 6.54 Å². The van der Waals surface area contributed by atoms with E-state index < -0.39 is 0 Å². The summed E-state index contributed by atoms with van der Waals surface area (Å²) >= 11 is 0. The first-order valence-corrected chi connectivity index (χ1v) is 9.80. The van der Waals surface area contributed by atoms with Crippen molar-refractivity contribution in [1.29, 1.82) is 0 Å². The Morgan fingerprint density at radius 1 is 1.24 bits per heavy atom. The molecule has 0 amide bonds. The molecule has 2 aliphatic heterocycles. The third-order valence-electron chi connectivity index (χ3n) is 5.21. The minimum Gasteiger partial charge on any atom is -0.357 e. The number of likely N-dealkylation sites (tertiary alicyclic amines) is 1. The van der Waals surface area contributed by atoms with Gasteiger partial charge in [0.15, 0.2) is 5.96 Å². The highest BCUT2D eigenvalue weighted by Gasteiger charge is 2.30. The van der Waals surface area contributed by atoms with Crippen LogP contribution in [0.25, 0.3) is 0 Å². The van der Waals surface area contributed by atoms with Gasteiger partial charge in [-0.1, -0.05) is 13.8 Å². The third-order valence-corrected chi connectivity index (χ3v) is 5.21. The summed E-state index contributed by atoms with van der Waals surface area (Å²) in [6, 6.07) is 4.31. The largest absolute Gasteiger partial charge is 0.357 e. The highest BCUT2D eigenvalue weighted by atomic mass is 15.3. The predicted molar refractivity (Wildman–Crippen MR) is 105 cm³/mol. The molecule has 25 heavy (non-hydrogen) atoms. The van der Waals surface area contributed by atoms with Gasteiger partial charge < -0.3 is 15.1 Å². The second-order valence-electron chi connectivity index (χ2n) is 8.08. The van der Waals surface area contributed by atoms with Crippen molar-refractivity contribution in [3.05, 3.63) is 23.9 Å². The van der Waals surface area contributed by atoms with Crippen molar-refractivity contribution in [3.63, 3.8) is 0 Å². The molecule has 2 saturated heterocycles. The van der Waals surface area contributed by atoms with Gasteiger partial charge in [0.1, 0.15) is 5.82 Å². The molecule has 1 aromatic rings. The van der Waals surface area contributed by atoms with E-state index in [2.05, 4.69) is 53.0 Å². The Balaban J connectivity index is 1.68. The van der Waals surface area contributed by atoms with Gasteiger partial charge in [-0.25, -0.2) is 9.98 Å². The minimum atomic E-state index is 0.383. The standard InChI is InChI=1S/C20H33N5/c1-4-21-19(25-13-9-20(2,3)16-25)23-15-17-8-10-22-18(14-17)24-11-6-5-7-12-24/h8,10,14H,4-7,9,11-13,15-16H2,1-3H3,(H,21,23). The van der Waals surface area contributed by atoms with E-state index in [9.17, 15) is 0 Å². The summed E-state index contributed by atoms with van der Waals surface area (Å²) in [6.07, 6.45) is 7.06. The number of guanidine groups is 1. The zero-order valence-corrected chi connectivity index (χ0v) is 16.1. The van der Waals surface area contributed by atoms with Crippen molar-refractivity contribution in [2.24, 2.45) is 10.4 Å². The van der Waals surface area contributed by atoms with Crippen molar-refractivity contribution in [2.45, 2.75) is 53.0 Å². The van der Waals surface area contributed by atoms with Crippen LogP contribution in [0.5, 0.6) is 0 Å². The first-order valence-electron chi connectivity index (χ1n) is 9.80. The fourth-order valence-corrected chi connectivity index (χ4v) is 3.74. The van der Waals surface area contributed by atoms with Crippen LogP contribution in [0.4, 0.5) is 5.82 Å². The Kier molecular flexibility index (Phi) is 5.82. The Bertz CT molecular complexity index is 590. The van der Waals surface area contributed by atoms with Crippen molar-refractivity contribution in [3.8, 4) is 0 Å². The number of nitrogens with zero attached hydrogens (tertiary/aromatic N) is 4. The van der Waals surface area contributed by atoms with Gasteiger partial charge in [0, 0.05) is 38.9 Å². The van der Waals surface area contributed by atoms with Crippen LogP contribution < -0.4 is 10.2 Å². The molecule has 0 aromatic carbocycles. The lowest BCUT2D eigenvalue weighted by atomic mass is 9.93. The highest BCUT2D eigenvalue weighted by Crippen LogP contribution is 2.28. The Morgan fingerprint density at radius 3 is 2.72 bits per heavy atom. The van der Waals surface area contributed by atoms with E-state index in [0.717, 1.165) is 44.5 Å². The summed E-state index contributed by atoms with van der Waals surface area (Å²) in [7, 11) is 0. The number of anilines is 1. The lowest BCUT2D eigenvalue weighted by molar-refractivity contribution is 0.370. The van der Waals surface area contributed by atoms with Gasteiger partial charge in [-0.2, -0.15) is 0 Å². The number of rotatable bonds is 4. The van der Waals surface area contributed by atoms with Crippen LogP contribution in [-0.4, -0.2) is 48.6 Å².